The van der Waals surface area contributed by atoms with Gasteiger partial charge in [0, 0.05) is 3.57 Å². The Morgan fingerprint density at radius 2 is 0.931 bits per heavy atom. The van der Waals surface area contributed by atoms with Crippen molar-refractivity contribution >= 4 is 44.1 Å². The molecule has 0 radical (unpaired) electrons. The lowest BCUT2D eigenvalue weighted by atomic mass is 9.89. The first-order chi connectivity index (χ1) is 14.1. The van der Waals surface area contributed by atoms with Crippen molar-refractivity contribution < 1.29 is 0 Å². The van der Waals surface area contributed by atoms with Crippen molar-refractivity contribution in [2.45, 2.75) is 13.8 Å². The van der Waals surface area contributed by atoms with Crippen LogP contribution in [-0.2, 0) is 0 Å². The molecule has 0 spiro atoms. The van der Waals surface area contributed by atoms with Gasteiger partial charge >= 0.3 is 0 Å². The molecule has 5 aromatic rings. The Balaban J connectivity index is 1.84. The lowest BCUT2D eigenvalue weighted by molar-refractivity contribution is 1.45. The summed E-state index contributed by atoms with van der Waals surface area (Å²) in [6.07, 6.45) is 0. The van der Waals surface area contributed by atoms with Gasteiger partial charge in [0.15, 0.2) is 0 Å². The zero-order chi connectivity index (χ0) is 20.0. The van der Waals surface area contributed by atoms with E-state index in [-0.39, 0.29) is 0 Å². The molecule has 0 fully saturated rings. The fourth-order valence-corrected chi connectivity index (χ4v) is 5.29. The van der Waals surface area contributed by atoms with Crippen LogP contribution in [0.2, 0.25) is 0 Å². The van der Waals surface area contributed by atoms with Crippen LogP contribution in [-0.4, -0.2) is 0 Å². The maximum absolute atomic E-state index is 2.55. The van der Waals surface area contributed by atoms with Crippen LogP contribution < -0.4 is 0 Å². The zero-order valence-electron chi connectivity index (χ0n) is 16.5. The van der Waals surface area contributed by atoms with Crippen LogP contribution in [0.1, 0.15) is 11.1 Å². The maximum Gasteiger partial charge on any atom is 0.0287 e. The van der Waals surface area contributed by atoms with Crippen LogP contribution in [0, 0.1) is 17.4 Å². The predicted octanol–water partition coefficient (Wildman–Crippen LogP) is 8.55. The molecule has 0 aromatic heterocycles. The Kier molecular flexibility index (Phi) is 4.63. The second kappa shape index (κ2) is 7.31. The van der Waals surface area contributed by atoms with Crippen molar-refractivity contribution in [1.29, 1.82) is 0 Å². The van der Waals surface area contributed by atoms with Crippen LogP contribution in [0.4, 0.5) is 0 Å². The summed E-state index contributed by atoms with van der Waals surface area (Å²) in [5.41, 5.74) is 7.93. The molecule has 0 N–H and O–H groups in total. The van der Waals surface area contributed by atoms with Gasteiger partial charge in [-0.3, -0.25) is 0 Å². The van der Waals surface area contributed by atoms with Gasteiger partial charge in [0.05, 0.1) is 0 Å². The minimum atomic E-state index is 1.29. The molecule has 5 aromatic carbocycles. The molecule has 0 atom stereocenters. The summed E-state index contributed by atoms with van der Waals surface area (Å²) in [6, 6.07) is 33.0. The first-order valence-corrected chi connectivity index (χ1v) is 11.0. The van der Waals surface area contributed by atoms with E-state index in [2.05, 4.69) is 127 Å². The van der Waals surface area contributed by atoms with E-state index in [1.807, 2.05) is 0 Å². The number of hydrogen-bond acceptors (Lipinski definition) is 0. The number of benzene rings is 5. The van der Waals surface area contributed by atoms with Gasteiger partial charge in [0.1, 0.15) is 0 Å². The first-order valence-electron chi connectivity index (χ1n) is 9.91. The molecule has 0 aliphatic heterocycles. The summed E-state index contributed by atoms with van der Waals surface area (Å²) in [5.74, 6) is 0. The molecule has 140 valence electrons. The van der Waals surface area contributed by atoms with Gasteiger partial charge in [0.2, 0.25) is 0 Å². The van der Waals surface area contributed by atoms with Crippen molar-refractivity contribution in [2.75, 3.05) is 0 Å². The van der Waals surface area contributed by atoms with Gasteiger partial charge in [0.25, 0.3) is 0 Å². The van der Waals surface area contributed by atoms with Gasteiger partial charge in [-0.15, -0.1) is 0 Å². The van der Waals surface area contributed by atoms with Crippen molar-refractivity contribution in [3.63, 3.8) is 0 Å². The van der Waals surface area contributed by atoms with E-state index in [4.69, 9.17) is 0 Å². The number of rotatable bonds is 2. The van der Waals surface area contributed by atoms with E-state index in [1.165, 1.54) is 58.5 Å². The Morgan fingerprint density at radius 3 is 1.41 bits per heavy atom. The summed E-state index contributed by atoms with van der Waals surface area (Å²) in [5, 5.41) is 5.21. The monoisotopic (exact) mass is 484 g/mol. The highest BCUT2D eigenvalue weighted by Crippen LogP contribution is 2.41. The molecule has 0 unspecified atom stereocenters. The molecule has 0 aliphatic carbocycles. The number of hydrogen-bond donors (Lipinski definition) is 0. The smallest absolute Gasteiger partial charge is 0.0287 e. The van der Waals surface area contributed by atoms with E-state index < -0.39 is 0 Å². The fraction of sp³-hybridized carbons (Fsp3) is 0.0714. The highest BCUT2D eigenvalue weighted by atomic mass is 127. The lowest BCUT2D eigenvalue weighted by Crippen LogP contribution is -1.94. The van der Waals surface area contributed by atoms with Crippen molar-refractivity contribution in [2.24, 2.45) is 0 Å². The Hall–Kier alpha value is -2.65. The Morgan fingerprint density at radius 1 is 0.483 bits per heavy atom. The third-order valence-corrected chi connectivity index (χ3v) is 6.97. The average molecular weight is 484 g/mol. The summed E-state index contributed by atoms with van der Waals surface area (Å²) in [4.78, 5) is 0. The molecule has 0 amide bonds. The SMILES string of the molecule is Cc1ccc2ccccc2c1-c1cccc(-c2c(C)ccc3ccccc23)c1I. The van der Waals surface area contributed by atoms with E-state index in [0.717, 1.165) is 0 Å². The standard InChI is InChI=1S/C28H21I/c1-18-14-16-20-8-3-5-10-22(20)26(18)24-12-7-13-25(28(24)29)27-19(2)15-17-21-9-4-6-11-23(21)27/h3-17H,1-2H3. The molecule has 0 saturated carbocycles. The van der Waals surface area contributed by atoms with Gasteiger partial charge in [-0.05, 0) is 91.4 Å². The third kappa shape index (κ3) is 3.05. The first kappa shape index (κ1) is 18.4. The Labute approximate surface area is 185 Å². The number of fused-ring (bicyclic) bond motifs is 2. The van der Waals surface area contributed by atoms with Crippen LogP contribution in [0.3, 0.4) is 0 Å². The van der Waals surface area contributed by atoms with Crippen LogP contribution in [0.25, 0.3) is 43.8 Å². The lowest BCUT2D eigenvalue weighted by Gasteiger charge is -2.17. The predicted molar refractivity (Wildman–Crippen MR) is 135 cm³/mol. The highest BCUT2D eigenvalue weighted by Gasteiger charge is 2.16. The molecular formula is C28H21I. The quantitative estimate of drug-likeness (QED) is 0.220. The van der Waals surface area contributed by atoms with Crippen molar-refractivity contribution in [3.8, 4) is 22.3 Å². The van der Waals surface area contributed by atoms with Gasteiger partial charge in [-0.2, -0.15) is 0 Å². The van der Waals surface area contributed by atoms with Gasteiger partial charge < -0.3 is 0 Å². The average Bonchev–Trinajstić information content (AvgIpc) is 2.75. The molecule has 0 bridgehead atoms. The maximum atomic E-state index is 2.55. The van der Waals surface area contributed by atoms with Gasteiger partial charge in [-0.1, -0.05) is 91.0 Å². The second-order valence-corrected chi connectivity index (χ2v) is 8.70. The highest BCUT2D eigenvalue weighted by molar-refractivity contribution is 14.1. The summed E-state index contributed by atoms with van der Waals surface area (Å²) in [7, 11) is 0. The summed E-state index contributed by atoms with van der Waals surface area (Å²) < 4.78 is 1.31. The van der Waals surface area contributed by atoms with Gasteiger partial charge in [-0.25, -0.2) is 0 Å². The molecule has 1 heteroatoms. The van der Waals surface area contributed by atoms with Crippen LogP contribution >= 0.6 is 22.6 Å². The summed E-state index contributed by atoms with van der Waals surface area (Å²) >= 11 is 2.55. The second-order valence-electron chi connectivity index (χ2n) is 7.62. The molecule has 0 saturated heterocycles. The van der Waals surface area contributed by atoms with E-state index in [1.54, 1.807) is 0 Å². The summed E-state index contributed by atoms with van der Waals surface area (Å²) in [6.45, 7) is 4.43. The molecule has 0 heterocycles. The Bertz CT molecular complexity index is 1270. The van der Waals surface area contributed by atoms with Crippen molar-refractivity contribution in [1.82, 2.24) is 0 Å². The van der Waals surface area contributed by atoms with E-state index >= 15 is 0 Å². The zero-order valence-corrected chi connectivity index (χ0v) is 18.7. The van der Waals surface area contributed by atoms with Crippen LogP contribution in [0.15, 0.2) is 91.0 Å². The number of aryl methyl sites for hydroxylation is 2. The largest absolute Gasteiger partial charge is 0.0616 e. The molecule has 29 heavy (non-hydrogen) atoms. The molecule has 5 rings (SSSR count). The molecule has 0 aliphatic rings. The van der Waals surface area contributed by atoms with E-state index in [9.17, 15) is 0 Å². The van der Waals surface area contributed by atoms with Crippen molar-refractivity contribution in [3.05, 3.63) is 106 Å². The third-order valence-electron chi connectivity index (χ3n) is 5.81. The number of halogens is 1. The van der Waals surface area contributed by atoms with Crippen LogP contribution in [0.5, 0.6) is 0 Å². The minimum Gasteiger partial charge on any atom is -0.0616 e. The topological polar surface area (TPSA) is 0 Å². The molecule has 0 nitrogen and oxygen atoms in total. The molecular weight excluding hydrogens is 463 g/mol. The normalized spacial score (nSPS) is 11.3. The minimum absolute atomic E-state index is 1.29. The fourth-order valence-electron chi connectivity index (χ4n) is 4.39. The van der Waals surface area contributed by atoms with E-state index in [0.29, 0.717) is 0 Å².